The third-order valence-corrected chi connectivity index (χ3v) is 8.73. The maximum Gasteiger partial charge on any atom is 0.258 e. The molecular formula is C34H39FN10O2. The maximum absolute atomic E-state index is 15.5. The Labute approximate surface area is 273 Å². The third kappa shape index (κ3) is 6.34. The molecule has 2 aliphatic heterocycles. The Bertz CT molecular complexity index is 1830. The molecule has 0 spiro atoms. The fourth-order valence-electron chi connectivity index (χ4n) is 6.34. The van der Waals surface area contributed by atoms with Crippen molar-refractivity contribution in [3.8, 4) is 17.5 Å². The van der Waals surface area contributed by atoms with Crippen LogP contribution in [0.2, 0.25) is 0 Å². The number of methoxy groups -OCH3 is 1. The van der Waals surface area contributed by atoms with Crippen LogP contribution in [0.4, 0.5) is 27.5 Å². The number of halogens is 1. The van der Waals surface area contributed by atoms with Gasteiger partial charge in [-0.3, -0.25) is 14.3 Å². The van der Waals surface area contributed by atoms with E-state index in [9.17, 15) is 10.1 Å². The molecule has 13 heteroatoms. The molecule has 1 amide bonds. The summed E-state index contributed by atoms with van der Waals surface area (Å²) in [6.07, 6.45) is 4.00. The predicted octanol–water partition coefficient (Wildman–Crippen LogP) is 5.10. The van der Waals surface area contributed by atoms with Gasteiger partial charge in [-0.2, -0.15) is 10.2 Å². The van der Waals surface area contributed by atoms with Crippen LogP contribution >= 0.6 is 0 Å². The molecule has 1 atom stereocenters. The Morgan fingerprint density at radius 3 is 2.66 bits per heavy atom. The van der Waals surface area contributed by atoms with Gasteiger partial charge in [-0.05, 0) is 51.1 Å². The van der Waals surface area contributed by atoms with Gasteiger partial charge in [0.15, 0.2) is 11.5 Å². The minimum Gasteiger partial charge on any atom is -0.495 e. The lowest BCUT2D eigenvalue weighted by Gasteiger charge is -2.40. The number of hydrogen-bond acceptors (Lipinski definition) is 10. The molecule has 1 unspecified atom stereocenters. The highest BCUT2D eigenvalue weighted by Crippen LogP contribution is 2.42. The van der Waals surface area contributed by atoms with Crippen molar-refractivity contribution in [2.75, 3.05) is 55.9 Å². The summed E-state index contributed by atoms with van der Waals surface area (Å²) < 4.78 is 23.0. The number of aromatic nitrogens is 4. The first-order valence-electron chi connectivity index (χ1n) is 15.8. The number of carbonyl (C=O) groups excluding carboxylic acids is 1. The molecule has 0 saturated carbocycles. The number of ether oxygens (including phenoxy) is 1. The van der Waals surface area contributed by atoms with Crippen molar-refractivity contribution in [1.82, 2.24) is 29.3 Å². The Morgan fingerprint density at radius 1 is 1.17 bits per heavy atom. The molecule has 2 aromatic carbocycles. The van der Waals surface area contributed by atoms with E-state index in [1.165, 1.54) is 19.2 Å². The van der Waals surface area contributed by atoms with Crippen LogP contribution in [0.1, 0.15) is 60.5 Å². The number of piperazine rings is 1. The molecule has 0 radical (unpaired) electrons. The number of imidazole rings is 1. The van der Waals surface area contributed by atoms with Crippen molar-refractivity contribution in [2.24, 2.45) is 0 Å². The Balaban J connectivity index is 1.23. The fourth-order valence-corrected chi connectivity index (χ4v) is 6.34. The zero-order chi connectivity index (χ0) is 33.2. The standard InChI is InChI=1S/C34H39FN10O2/c1-6-28-31-27(17-36)38-20-44(31)29-18-37-34(41-32(29)45(28)21(2)3)40-26-16-25(35)24(15-30(26)47-5)33(46)39-23-9-7-8-22(14-23)19-43-12-10-42(4)11-13-43/h7-9,14-16,18,20-21,28H,6,10-13,19H2,1-5H3,(H,39,46)(H,37,40,41). The lowest BCUT2D eigenvalue weighted by Crippen LogP contribution is -2.43. The van der Waals surface area contributed by atoms with Gasteiger partial charge in [-0.15, -0.1) is 0 Å². The zero-order valence-corrected chi connectivity index (χ0v) is 27.3. The van der Waals surface area contributed by atoms with Crippen LogP contribution in [-0.2, 0) is 6.54 Å². The van der Waals surface area contributed by atoms with Crippen LogP contribution in [0.3, 0.4) is 0 Å². The number of amides is 1. The van der Waals surface area contributed by atoms with Crippen molar-refractivity contribution >= 4 is 29.0 Å². The number of benzene rings is 2. The van der Waals surface area contributed by atoms with Crippen molar-refractivity contribution in [1.29, 1.82) is 5.26 Å². The summed E-state index contributed by atoms with van der Waals surface area (Å²) in [6.45, 7) is 11.0. The van der Waals surface area contributed by atoms with Gasteiger partial charge in [0.25, 0.3) is 5.91 Å². The highest BCUT2D eigenvalue weighted by atomic mass is 19.1. The minimum absolute atomic E-state index is 0.0499. The average Bonchev–Trinajstić information content (AvgIpc) is 3.49. The van der Waals surface area contributed by atoms with Gasteiger partial charge in [0.05, 0.1) is 36.3 Å². The van der Waals surface area contributed by atoms with Crippen molar-refractivity contribution in [3.63, 3.8) is 0 Å². The Hall–Kier alpha value is -5.06. The van der Waals surface area contributed by atoms with E-state index in [-0.39, 0.29) is 35.0 Å². The van der Waals surface area contributed by atoms with Gasteiger partial charge in [0.2, 0.25) is 5.95 Å². The molecular weight excluding hydrogens is 599 g/mol. The first-order valence-corrected chi connectivity index (χ1v) is 15.8. The van der Waals surface area contributed by atoms with E-state index >= 15 is 4.39 Å². The van der Waals surface area contributed by atoms with Gasteiger partial charge in [-0.25, -0.2) is 14.4 Å². The van der Waals surface area contributed by atoms with E-state index in [0.29, 0.717) is 22.9 Å². The second kappa shape index (κ2) is 13.4. The van der Waals surface area contributed by atoms with Crippen molar-refractivity contribution < 1.29 is 13.9 Å². The summed E-state index contributed by atoms with van der Waals surface area (Å²) in [5.41, 5.74) is 3.65. The quantitative estimate of drug-likeness (QED) is 0.256. The Morgan fingerprint density at radius 2 is 1.96 bits per heavy atom. The molecule has 4 aromatic rings. The topological polar surface area (TPSA) is 127 Å². The summed E-state index contributed by atoms with van der Waals surface area (Å²) in [4.78, 5) is 33.7. The van der Waals surface area contributed by atoms with E-state index in [1.54, 1.807) is 18.6 Å². The molecule has 4 heterocycles. The van der Waals surface area contributed by atoms with Crippen LogP contribution in [0.15, 0.2) is 48.9 Å². The summed E-state index contributed by atoms with van der Waals surface area (Å²) >= 11 is 0. The minimum atomic E-state index is -0.723. The highest BCUT2D eigenvalue weighted by Gasteiger charge is 2.36. The summed E-state index contributed by atoms with van der Waals surface area (Å²) in [5, 5.41) is 15.6. The number of nitrogens with one attached hydrogen (secondary N) is 2. The first-order chi connectivity index (χ1) is 22.7. The predicted molar refractivity (Wildman–Crippen MR) is 178 cm³/mol. The van der Waals surface area contributed by atoms with Crippen LogP contribution < -0.4 is 20.3 Å². The van der Waals surface area contributed by atoms with E-state index in [4.69, 9.17) is 9.72 Å². The number of carbonyl (C=O) groups is 1. The molecule has 6 rings (SSSR count). The third-order valence-electron chi connectivity index (χ3n) is 8.73. The average molecular weight is 639 g/mol. The smallest absolute Gasteiger partial charge is 0.258 e. The SMILES string of the molecule is CCC1c2c(C#N)ncn2-c2cnc(Nc3cc(F)c(C(=O)Nc4cccc(CN5CCN(C)CC5)c4)cc3OC)nc2N1C(C)C. The normalized spacial score (nSPS) is 16.4. The second-order valence-electron chi connectivity index (χ2n) is 12.2. The Kier molecular flexibility index (Phi) is 9.06. The summed E-state index contributed by atoms with van der Waals surface area (Å²) in [5.74, 6) is -0.173. The van der Waals surface area contributed by atoms with E-state index in [0.717, 1.165) is 50.4 Å². The summed E-state index contributed by atoms with van der Waals surface area (Å²) in [6, 6.07) is 12.3. The highest BCUT2D eigenvalue weighted by molar-refractivity contribution is 6.05. The van der Waals surface area contributed by atoms with E-state index in [2.05, 4.69) is 69.2 Å². The number of nitrogens with zero attached hydrogens (tertiary/aromatic N) is 8. The second-order valence-corrected chi connectivity index (χ2v) is 12.2. The molecule has 47 heavy (non-hydrogen) atoms. The number of rotatable bonds is 9. The number of anilines is 4. The van der Waals surface area contributed by atoms with Crippen LogP contribution in [0.25, 0.3) is 5.69 Å². The number of nitriles is 1. The lowest BCUT2D eigenvalue weighted by atomic mass is 10.0. The molecule has 12 nitrogen and oxygen atoms in total. The molecule has 244 valence electrons. The molecule has 0 bridgehead atoms. The first kappa shape index (κ1) is 31.9. The lowest BCUT2D eigenvalue weighted by molar-refractivity contribution is 0.102. The van der Waals surface area contributed by atoms with Crippen molar-refractivity contribution in [2.45, 2.75) is 45.8 Å². The fraction of sp³-hybridized carbons (Fsp3) is 0.382. The van der Waals surface area contributed by atoms with Crippen LogP contribution in [0, 0.1) is 17.1 Å². The molecule has 1 fully saturated rings. The number of likely N-dealkylation sites (N-methyl/N-ethyl adjacent to an activating group) is 1. The van der Waals surface area contributed by atoms with Crippen LogP contribution in [-0.4, -0.2) is 81.6 Å². The van der Waals surface area contributed by atoms with Gasteiger partial charge < -0.3 is 25.2 Å². The molecule has 0 aliphatic carbocycles. The van der Waals surface area contributed by atoms with Gasteiger partial charge in [0.1, 0.15) is 29.7 Å². The van der Waals surface area contributed by atoms with Gasteiger partial charge in [-0.1, -0.05) is 19.1 Å². The van der Waals surface area contributed by atoms with E-state index in [1.807, 2.05) is 22.8 Å². The number of hydrogen-bond donors (Lipinski definition) is 2. The monoisotopic (exact) mass is 638 g/mol. The zero-order valence-electron chi connectivity index (χ0n) is 27.3. The molecule has 1 saturated heterocycles. The number of fused-ring (bicyclic) bond motifs is 3. The molecule has 2 N–H and O–H groups in total. The van der Waals surface area contributed by atoms with Crippen molar-refractivity contribution in [3.05, 3.63) is 77.3 Å². The largest absolute Gasteiger partial charge is 0.495 e. The van der Waals surface area contributed by atoms with Gasteiger partial charge >= 0.3 is 0 Å². The summed E-state index contributed by atoms with van der Waals surface area (Å²) in [7, 11) is 3.58. The van der Waals surface area contributed by atoms with Gasteiger partial charge in [0, 0.05) is 50.5 Å². The maximum atomic E-state index is 15.5. The van der Waals surface area contributed by atoms with Crippen LogP contribution in [0.5, 0.6) is 5.75 Å². The van der Waals surface area contributed by atoms with E-state index < -0.39 is 11.7 Å². The molecule has 2 aliphatic rings. The molecule has 2 aromatic heterocycles.